The average molecular weight is 152 g/mol. The topological polar surface area (TPSA) is 17.1 Å². The third kappa shape index (κ3) is 1.92. The minimum atomic E-state index is 0.141. The lowest BCUT2D eigenvalue weighted by atomic mass is 9.74. The van der Waals surface area contributed by atoms with Crippen LogP contribution in [0.5, 0.6) is 0 Å². The molecule has 0 spiro atoms. The zero-order valence-corrected chi connectivity index (χ0v) is 7.55. The maximum absolute atomic E-state index is 11.4. The first kappa shape index (κ1) is 8.51. The van der Waals surface area contributed by atoms with E-state index in [0.29, 0.717) is 5.78 Å². The molecule has 0 saturated carbocycles. The van der Waals surface area contributed by atoms with Crippen molar-refractivity contribution in [3.63, 3.8) is 0 Å². The predicted octanol–water partition coefficient (Wildman–Crippen LogP) is 2.57. The first-order valence-corrected chi connectivity index (χ1v) is 4.22. The summed E-state index contributed by atoms with van der Waals surface area (Å²) in [6.07, 6.45) is 5.80. The summed E-state index contributed by atoms with van der Waals surface area (Å²) < 4.78 is 0. The van der Waals surface area contributed by atoms with Crippen molar-refractivity contribution in [2.75, 3.05) is 0 Å². The molecule has 62 valence electrons. The molecule has 0 aromatic rings. The summed E-state index contributed by atoms with van der Waals surface area (Å²) in [5, 5.41) is 0. The molecule has 0 radical (unpaired) electrons. The molecule has 0 aromatic heterocycles. The van der Waals surface area contributed by atoms with Crippen molar-refractivity contribution in [2.24, 2.45) is 11.3 Å². The first-order valence-electron chi connectivity index (χ1n) is 4.22. The monoisotopic (exact) mass is 152 g/mol. The van der Waals surface area contributed by atoms with E-state index in [0.717, 1.165) is 12.8 Å². The van der Waals surface area contributed by atoms with Gasteiger partial charge in [-0.3, -0.25) is 4.79 Å². The first-order chi connectivity index (χ1) is 5.02. The van der Waals surface area contributed by atoms with Crippen LogP contribution in [0.2, 0.25) is 0 Å². The van der Waals surface area contributed by atoms with Crippen LogP contribution in [0, 0.1) is 11.3 Å². The van der Waals surface area contributed by atoms with E-state index in [1.165, 1.54) is 0 Å². The Labute approximate surface area is 68.5 Å². The minimum absolute atomic E-state index is 0.141. The standard InChI is InChI=1S/C10H16O/c1-10(2,3)8-6-4-5-7-9(8)11/h5,7-8H,4,6H2,1-3H3/t8-/m0/s1. The molecule has 0 saturated heterocycles. The fourth-order valence-corrected chi connectivity index (χ4v) is 1.58. The van der Waals surface area contributed by atoms with Crippen molar-refractivity contribution in [1.29, 1.82) is 0 Å². The van der Waals surface area contributed by atoms with E-state index in [9.17, 15) is 4.79 Å². The molecule has 1 rings (SSSR count). The lowest BCUT2D eigenvalue weighted by Gasteiger charge is -2.29. The molecular weight excluding hydrogens is 136 g/mol. The number of hydrogen-bond donors (Lipinski definition) is 0. The molecule has 0 aliphatic heterocycles. The number of carbonyl (C=O) groups excluding carboxylic acids is 1. The SMILES string of the molecule is CC(C)(C)[C@H]1CCC=CC1=O. The van der Waals surface area contributed by atoms with E-state index in [2.05, 4.69) is 20.8 Å². The van der Waals surface area contributed by atoms with Crippen molar-refractivity contribution in [1.82, 2.24) is 0 Å². The Bertz CT molecular complexity index is 184. The Morgan fingerprint density at radius 3 is 2.45 bits per heavy atom. The number of carbonyl (C=O) groups is 1. The molecule has 1 nitrogen and oxygen atoms in total. The van der Waals surface area contributed by atoms with Gasteiger partial charge in [0.05, 0.1) is 0 Å². The number of rotatable bonds is 0. The van der Waals surface area contributed by atoms with Crippen LogP contribution in [-0.2, 0) is 4.79 Å². The highest BCUT2D eigenvalue weighted by molar-refractivity contribution is 5.92. The van der Waals surface area contributed by atoms with Gasteiger partial charge in [0, 0.05) is 5.92 Å². The van der Waals surface area contributed by atoms with Gasteiger partial charge < -0.3 is 0 Å². The zero-order chi connectivity index (χ0) is 8.48. The van der Waals surface area contributed by atoms with E-state index in [4.69, 9.17) is 0 Å². The van der Waals surface area contributed by atoms with Gasteiger partial charge >= 0.3 is 0 Å². The van der Waals surface area contributed by atoms with Crippen LogP contribution in [0.4, 0.5) is 0 Å². The number of hydrogen-bond acceptors (Lipinski definition) is 1. The zero-order valence-electron chi connectivity index (χ0n) is 7.55. The Balaban J connectivity index is 2.74. The fourth-order valence-electron chi connectivity index (χ4n) is 1.58. The van der Waals surface area contributed by atoms with E-state index in [-0.39, 0.29) is 11.3 Å². The molecule has 0 N–H and O–H groups in total. The predicted molar refractivity (Wildman–Crippen MR) is 46.3 cm³/mol. The second-order valence-electron chi connectivity index (χ2n) is 4.30. The Morgan fingerprint density at radius 2 is 2.09 bits per heavy atom. The van der Waals surface area contributed by atoms with E-state index < -0.39 is 0 Å². The van der Waals surface area contributed by atoms with Gasteiger partial charge in [-0.05, 0) is 24.3 Å². The van der Waals surface area contributed by atoms with Crippen molar-refractivity contribution < 1.29 is 4.79 Å². The minimum Gasteiger partial charge on any atom is -0.295 e. The number of ketones is 1. The summed E-state index contributed by atoms with van der Waals surface area (Å²) in [7, 11) is 0. The summed E-state index contributed by atoms with van der Waals surface area (Å²) in [6, 6.07) is 0. The second kappa shape index (κ2) is 2.80. The van der Waals surface area contributed by atoms with Gasteiger partial charge in [-0.15, -0.1) is 0 Å². The summed E-state index contributed by atoms with van der Waals surface area (Å²) >= 11 is 0. The molecule has 0 amide bonds. The molecular formula is C10H16O. The third-order valence-electron chi connectivity index (χ3n) is 2.29. The fraction of sp³-hybridized carbons (Fsp3) is 0.700. The third-order valence-corrected chi connectivity index (χ3v) is 2.29. The van der Waals surface area contributed by atoms with E-state index in [1.54, 1.807) is 6.08 Å². The summed E-state index contributed by atoms with van der Waals surface area (Å²) in [4.78, 5) is 11.4. The van der Waals surface area contributed by atoms with Crippen LogP contribution in [0.1, 0.15) is 33.6 Å². The van der Waals surface area contributed by atoms with Gasteiger partial charge in [0.25, 0.3) is 0 Å². The van der Waals surface area contributed by atoms with Gasteiger partial charge in [0.2, 0.25) is 0 Å². The molecule has 0 heterocycles. The Morgan fingerprint density at radius 1 is 1.45 bits per heavy atom. The molecule has 0 bridgehead atoms. The molecule has 0 aromatic carbocycles. The van der Waals surface area contributed by atoms with Gasteiger partial charge in [-0.25, -0.2) is 0 Å². The van der Waals surface area contributed by atoms with Crippen molar-refractivity contribution >= 4 is 5.78 Å². The van der Waals surface area contributed by atoms with Crippen LogP contribution < -0.4 is 0 Å². The largest absolute Gasteiger partial charge is 0.295 e. The highest BCUT2D eigenvalue weighted by Gasteiger charge is 2.30. The summed E-state index contributed by atoms with van der Waals surface area (Å²) in [5.41, 5.74) is 0.141. The van der Waals surface area contributed by atoms with Gasteiger partial charge in [-0.1, -0.05) is 26.8 Å². The molecule has 1 aliphatic rings. The highest BCUT2D eigenvalue weighted by atomic mass is 16.1. The maximum atomic E-state index is 11.4. The molecule has 0 unspecified atom stereocenters. The van der Waals surface area contributed by atoms with Crippen LogP contribution in [-0.4, -0.2) is 5.78 Å². The molecule has 11 heavy (non-hydrogen) atoms. The quantitative estimate of drug-likeness (QED) is 0.521. The molecule has 0 fully saturated rings. The van der Waals surface area contributed by atoms with E-state index >= 15 is 0 Å². The summed E-state index contributed by atoms with van der Waals surface area (Å²) in [5.74, 6) is 0.552. The van der Waals surface area contributed by atoms with Gasteiger partial charge in [-0.2, -0.15) is 0 Å². The lowest BCUT2D eigenvalue weighted by molar-refractivity contribution is -0.121. The van der Waals surface area contributed by atoms with Gasteiger partial charge in [0.1, 0.15) is 0 Å². The van der Waals surface area contributed by atoms with Crippen LogP contribution >= 0.6 is 0 Å². The molecule has 1 heteroatoms. The Kier molecular flexibility index (Phi) is 2.17. The maximum Gasteiger partial charge on any atom is 0.158 e. The van der Waals surface area contributed by atoms with Gasteiger partial charge in [0.15, 0.2) is 5.78 Å². The second-order valence-corrected chi connectivity index (χ2v) is 4.30. The van der Waals surface area contributed by atoms with Crippen molar-refractivity contribution in [3.8, 4) is 0 Å². The van der Waals surface area contributed by atoms with Crippen LogP contribution in [0.3, 0.4) is 0 Å². The van der Waals surface area contributed by atoms with Crippen LogP contribution in [0.15, 0.2) is 12.2 Å². The summed E-state index contributed by atoms with van der Waals surface area (Å²) in [6.45, 7) is 6.40. The van der Waals surface area contributed by atoms with Crippen LogP contribution in [0.25, 0.3) is 0 Å². The molecule has 1 atom stereocenters. The molecule has 1 aliphatic carbocycles. The van der Waals surface area contributed by atoms with Crippen molar-refractivity contribution in [3.05, 3.63) is 12.2 Å². The smallest absolute Gasteiger partial charge is 0.158 e. The van der Waals surface area contributed by atoms with Crippen molar-refractivity contribution in [2.45, 2.75) is 33.6 Å². The Hall–Kier alpha value is -0.590. The lowest BCUT2D eigenvalue weighted by Crippen LogP contribution is -2.28. The normalized spacial score (nSPS) is 25.7. The number of allylic oxidation sites excluding steroid dienone is 2. The highest BCUT2D eigenvalue weighted by Crippen LogP contribution is 2.32. The van der Waals surface area contributed by atoms with E-state index in [1.807, 2.05) is 6.08 Å². The average Bonchev–Trinajstić information content (AvgIpc) is 1.86.